The SMILES string of the molecule is C=C(C)/C=C\C(=N)c1cccc(-c2c3ccccc3c(-c3ccc(-c4ccccc4)c4ccccc34)c3ccccc23)c1. The van der Waals surface area contributed by atoms with Gasteiger partial charge in [-0.3, -0.25) is 0 Å². The number of hydrogen-bond donors (Lipinski definition) is 1. The minimum Gasteiger partial charge on any atom is -0.300 e. The quantitative estimate of drug-likeness (QED) is 0.121. The van der Waals surface area contributed by atoms with Gasteiger partial charge in [-0.15, -0.1) is 0 Å². The van der Waals surface area contributed by atoms with E-state index < -0.39 is 0 Å². The van der Waals surface area contributed by atoms with Gasteiger partial charge in [-0.05, 0) is 90.3 Å². The molecule has 0 aliphatic heterocycles. The number of benzene rings is 7. The van der Waals surface area contributed by atoms with Crippen molar-refractivity contribution >= 4 is 38.0 Å². The fourth-order valence-electron chi connectivity index (χ4n) is 6.28. The molecule has 1 N–H and O–H groups in total. The van der Waals surface area contributed by atoms with E-state index in [1.807, 2.05) is 25.1 Å². The van der Waals surface area contributed by atoms with E-state index >= 15 is 0 Å². The molecule has 0 fully saturated rings. The van der Waals surface area contributed by atoms with Crippen LogP contribution in [-0.2, 0) is 0 Å². The molecule has 43 heavy (non-hydrogen) atoms. The molecule has 204 valence electrons. The van der Waals surface area contributed by atoms with Crippen molar-refractivity contribution in [1.29, 1.82) is 5.41 Å². The first-order chi connectivity index (χ1) is 21.1. The normalized spacial score (nSPS) is 11.5. The number of fused-ring (bicyclic) bond motifs is 3. The predicted octanol–water partition coefficient (Wildman–Crippen LogP) is 11.6. The van der Waals surface area contributed by atoms with E-state index in [0.717, 1.165) is 16.7 Å². The molecule has 0 aliphatic rings. The lowest BCUT2D eigenvalue weighted by Crippen LogP contribution is -1.96. The third kappa shape index (κ3) is 4.75. The van der Waals surface area contributed by atoms with Crippen LogP contribution in [0.2, 0.25) is 0 Å². The molecule has 0 atom stereocenters. The van der Waals surface area contributed by atoms with Crippen molar-refractivity contribution in [2.45, 2.75) is 6.92 Å². The summed E-state index contributed by atoms with van der Waals surface area (Å²) in [5.74, 6) is 0. The van der Waals surface area contributed by atoms with Crippen molar-refractivity contribution in [3.63, 3.8) is 0 Å². The summed E-state index contributed by atoms with van der Waals surface area (Å²) in [6, 6.07) is 49.9. The topological polar surface area (TPSA) is 23.9 Å². The Bertz CT molecular complexity index is 2160. The number of allylic oxidation sites excluding steroid dienone is 3. The van der Waals surface area contributed by atoms with Crippen LogP contribution >= 0.6 is 0 Å². The largest absolute Gasteiger partial charge is 0.300 e. The maximum atomic E-state index is 8.68. The smallest absolute Gasteiger partial charge is 0.0612 e. The van der Waals surface area contributed by atoms with E-state index in [1.165, 1.54) is 60.1 Å². The standard InChI is InChI=1S/C42H31N/c1-28(2)23-26-40(43)30-15-12-16-31(27-30)41-35-19-8-10-21-37(35)42(38-22-11-9-20-36(38)41)39-25-24-32(29-13-4-3-5-14-29)33-17-6-7-18-34(33)39/h3-27,43H,1H2,2H3/b26-23-,43-40?. The number of nitrogens with one attached hydrogen (secondary N) is 1. The van der Waals surface area contributed by atoms with Crippen LogP contribution in [0.5, 0.6) is 0 Å². The van der Waals surface area contributed by atoms with Crippen LogP contribution in [-0.4, -0.2) is 5.71 Å². The van der Waals surface area contributed by atoms with Gasteiger partial charge in [0, 0.05) is 0 Å². The molecule has 0 saturated heterocycles. The summed E-state index contributed by atoms with van der Waals surface area (Å²) >= 11 is 0. The fourth-order valence-corrected chi connectivity index (χ4v) is 6.28. The summed E-state index contributed by atoms with van der Waals surface area (Å²) in [5, 5.41) is 16.0. The molecule has 0 amide bonds. The zero-order chi connectivity index (χ0) is 29.3. The Balaban J connectivity index is 1.52. The van der Waals surface area contributed by atoms with E-state index in [9.17, 15) is 0 Å². The maximum Gasteiger partial charge on any atom is 0.0612 e. The minimum atomic E-state index is 0.472. The molecule has 0 aliphatic carbocycles. The average molecular weight is 550 g/mol. The molecule has 0 radical (unpaired) electrons. The van der Waals surface area contributed by atoms with Gasteiger partial charge in [-0.1, -0.05) is 152 Å². The van der Waals surface area contributed by atoms with Crippen molar-refractivity contribution < 1.29 is 0 Å². The van der Waals surface area contributed by atoms with E-state index in [-0.39, 0.29) is 0 Å². The third-order valence-electron chi connectivity index (χ3n) is 8.21. The summed E-state index contributed by atoms with van der Waals surface area (Å²) in [4.78, 5) is 0. The maximum absolute atomic E-state index is 8.68. The van der Waals surface area contributed by atoms with Gasteiger partial charge >= 0.3 is 0 Å². The van der Waals surface area contributed by atoms with Crippen LogP contribution in [0.4, 0.5) is 0 Å². The Hall–Kier alpha value is -5.53. The van der Waals surface area contributed by atoms with Gasteiger partial charge in [0.2, 0.25) is 0 Å². The van der Waals surface area contributed by atoms with Crippen LogP contribution < -0.4 is 0 Å². The molecule has 0 aromatic heterocycles. The highest BCUT2D eigenvalue weighted by Gasteiger charge is 2.19. The first-order valence-electron chi connectivity index (χ1n) is 14.6. The Morgan fingerprint density at radius 3 is 1.58 bits per heavy atom. The lowest BCUT2D eigenvalue weighted by atomic mass is 9.83. The fraction of sp³-hybridized carbons (Fsp3) is 0.0238. The molecule has 0 bridgehead atoms. The van der Waals surface area contributed by atoms with Crippen LogP contribution in [0.15, 0.2) is 164 Å². The molecular formula is C42H31N. The molecule has 0 heterocycles. The molecule has 7 aromatic rings. The molecular weight excluding hydrogens is 518 g/mol. The zero-order valence-electron chi connectivity index (χ0n) is 24.1. The highest BCUT2D eigenvalue weighted by molar-refractivity contribution is 6.24. The Kier molecular flexibility index (Phi) is 6.77. The monoisotopic (exact) mass is 549 g/mol. The Morgan fingerprint density at radius 2 is 0.977 bits per heavy atom. The van der Waals surface area contributed by atoms with Crippen molar-refractivity contribution in [1.82, 2.24) is 0 Å². The summed E-state index contributed by atoms with van der Waals surface area (Å²) in [5.41, 5.74) is 9.53. The summed E-state index contributed by atoms with van der Waals surface area (Å²) < 4.78 is 0. The van der Waals surface area contributed by atoms with Crippen molar-refractivity contribution in [3.05, 3.63) is 169 Å². The lowest BCUT2D eigenvalue weighted by Gasteiger charge is -2.20. The Labute approximate surface area is 252 Å². The van der Waals surface area contributed by atoms with Crippen molar-refractivity contribution in [2.24, 2.45) is 0 Å². The van der Waals surface area contributed by atoms with Gasteiger partial charge in [-0.25, -0.2) is 0 Å². The zero-order valence-corrected chi connectivity index (χ0v) is 24.1. The van der Waals surface area contributed by atoms with Crippen LogP contribution in [0, 0.1) is 5.41 Å². The van der Waals surface area contributed by atoms with Gasteiger partial charge in [0.1, 0.15) is 0 Å². The highest BCUT2D eigenvalue weighted by atomic mass is 14.4. The van der Waals surface area contributed by atoms with Crippen LogP contribution in [0.3, 0.4) is 0 Å². The summed E-state index contributed by atoms with van der Waals surface area (Å²) in [6.45, 7) is 5.89. The second kappa shape index (κ2) is 11.0. The summed E-state index contributed by atoms with van der Waals surface area (Å²) in [6.07, 6.45) is 3.72. The molecule has 7 aromatic carbocycles. The van der Waals surface area contributed by atoms with Gasteiger partial charge in [0.15, 0.2) is 0 Å². The van der Waals surface area contributed by atoms with E-state index in [4.69, 9.17) is 5.41 Å². The lowest BCUT2D eigenvalue weighted by molar-refractivity contribution is 1.48. The minimum absolute atomic E-state index is 0.472. The average Bonchev–Trinajstić information content (AvgIpc) is 3.06. The molecule has 7 rings (SSSR count). The first-order valence-corrected chi connectivity index (χ1v) is 14.6. The molecule has 0 unspecified atom stereocenters. The molecule has 1 nitrogen and oxygen atoms in total. The van der Waals surface area contributed by atoms with Gasteiger partial charge in [0.05, 0.1) is 5.71 Å². The predicted molar refractivity (Wildman–Crippen MR) is 186 cm³/mol. The van der Waals surface area contributed by atoms with Gasteiger partial charge < -0.3 is 5.41 Å². The molecule has 0 saturated carbocycles. The second-order valence-corrected chi connectivity index (χ2v) is 11.1. The molecule has 1 heteroatoms. The summed E-state index contributed by atoms with van der Waals surface area (Å²) in [7, 11) is 0. The van der Waals surface area contributed by atoms with E-state index in [0.29, 0.717) is 5.71 Å². The van der Waals surface area contributed by atoms with Crippen molar-refractivity contribution in [2.75, 3.05) is 0 Å². The second-order valence-electron chi connectivity index (χ2n) is 11.1. The van der Waals surface area contributed by atoms with E-state index in [2.05, 4.69) is 140 Å². The van der Waals surface area contributed by atoms with Crippen molar-refractivity contribution in [3.8, 4) is 33.4 Å². The van der Waals surface area contributed by atoms with Gasteiger partial charge in [-0.2, -0.15) is 0 Å². The van der Waals surface area contributed by atoms with Crippen LogP contribution in [0.1, 0.15) is 12.5 Å². The number of rotatable bonds is 6. The molecule has 0 spiro atoms. The first kappa shape index (κ1) is 26.4. The number of hydrogen-bond acceptors (Lipinski definition) is 1. The van der Waals surface area contributed by atoms with E-state index in [1.54, 1.807) is 0 Å². The van der Waals surface area contributed by atoms with Gasteiger partial charge in [0.25, 0.3) is 0 Å². The van der Waals surface area contributed by atoms with Crippen LogP contribution in [0.25, 0.3) is 65.7 Å². The Morgan fingerprint density at radius 1 is 0.488 bits per heavy atom. The third-order valence-corrected chi connectivity index (χ3v) is 8.21. The highest BCUT2D eigenvalue weighted by Crippen LogP contribution is 2.46.